The van der Waals surface area contributed by atoms with Crippen molar-refractivity contribution in [1.82, 2.24) is 24.2 Å². The van der Waals surface area contributed by atoms with Gasteiger partial charge in [0.05, 0.1) is 24.5 Å². The molecule has 4 rings (SSSR count). The Labute approximate surface area is 205 Å². The number of hydrogen-bond acceptors (Lipinski definition) is 6. The van der Waals surface area contributed by atoms with Crippen LogP contribution in [0.4, 0.5) is 32.0 Å². The zero-order valence-electron chi connectivity index (χ0n) is 19.6. The number of aryl methyl sites for hydroxylation is 2. The molecule has 2 atom stereocenters. The summed E-state index contributed by atoms with van der Waals surface area (Å²) in [6.45, 7) is 1.85. The van der Waals surface area contributed by atoms with E-state index >= 15 is 0 Å². The minimum Gasteiger partial charge on any atom is -0.475 e. The number of fused-ring (bicyclic) bond motifs is 1. The molecular formula is C20H24F6N6O5. The molecule has 1 amide bonds. The van der Waals surface area contributed by atoms with Crippen LogP contribution in [0.25, 0.3) is 0 Å². The van der Waals surface area contributed by atoms with E-state index in [-0.39, 0.29) is 11.9 Å². The Morgan fingerprint density at radius 3 is 2.03 bits per heavy atom. The Balaban J connectivity index is 0.000000286. The van der Waals surface area contributed by atoms with Gasteiger partial charge < -0.3 is 19.7 Å². The largest absolute Gasteiger partial charge is 0.490 e. The van der Waals surface area contributed by atoms with Crippen LogP contribution in [-0.4, -0.2) is 83.3 Å². The summed E-state index contributed by atoms with van der Waals surface area (Å²) in [4.78, 5) is 39.2. The molecule has 2 aliphatic rings. The van der Waals surface area contributed by atoms with Crippen molar-refractivity contribution in [3.05, 3.63) is 30.6 Å². The highest BCUT2D eigenvalue weighted by Gasteiger charge is 2.44. The van der Waals surface area contributed by atoms with Gasteiger partial charge in [-0.1, -0.05) is 0 Å². The fraction of sp³-hybridized carbons (Fsp3) is 0.550. The second-order valence-corrected chi connectivity index (χ2v) is 8.13. The van der Waals surface area contributed by atoms with Crippen LogP contribution in [0, 0.1) is 0 Å². The Hall–Kier alpha value is -3.63. The highest BCUT2D eigenvalue weighted by atomic mass is 19.4. The molecule has 2 aromatic heterocycles. The molecular weight excluding hydrogens is 518 g/mol. The number of carbonyl (C=O) groups excluding carboxylic acids is 1. The van der Waals surface area contributed by atoms with Crippen LogP contribution in [0.5, 0.6) is 0 Å². The molecule has 0 radical (unpaired) electrons. The Bertz CT molecular complexity index is 1070. The maximum Gasteiger partial charge on any atom is 0.490 e. The monoisotopic (exact) mass is 542 g/mol. The zero-order chi connectivity index (χ0) is 28.1. The van der Waals surface area contributed by atoms with Gasteiger partial charge in [0.15, 0.2) is 0 Å². The van der Waals surface area contributed by atoms with Crippen molar-refractivity contribution < 1.29 is 50.9 Å². The number of hydrogen-bond donors (Lipinski definition) is 2. The van der Waals surface area contributed by atoms with Gasteiger partial charge >= 0.3 is 24.3 Å². The number of likely N-dealkylation sites (tertiary alicyclic amines) is 1. The van der Waals surface area contributed by atoms with Crippen LogP contribution in [-0.2, 0) is 35.0 Å². The van der Waals surface area contributed by atoms with Gasteiger partial charge in [0.25, 0.3) is 0 Å². The molecule has 0 bridgehead atoms. The number of halogens is 6. The maximum atomic E-state index is 12.5. The standard InChI is InChI=1S/C16H22N6O.2C2HF3O2/c1-19-8-6-17-15(19)11-21-7-5-14-13(21)3-4-16(23)22(14)12-9-18-20(2)10-12;2*3-2(4,5)1(6)7/h6,8-10,13-14H,3-5,7,11H2,1-2H3;2*(H,6,7)/t13-,14-;;/m1../s1. The molecule has 2 N–H and O–H groups in total. The third kappa shape index (κ3) is 7.93. The van der Waals surface area contributed by atoms with Crippen molar-refractivity contribution in [2.75, 3.05) is 11.4 Å². The van der Waals surface area contributed by atoms with E-state index < -0.39 is 24.3 Å². The summed E-state index contributed by atoms with van der Waals surface area (Å²) in [6, 6.07) is 0.658. The lowest BCUT2D eigenvalue weighted by atomic mass is 9.96. The molecule has 0 unspecified atom stereocenters. The number of nitrogens with zero attached hydrogens (tertiary/aromatic N) is 6. The van der Waals surface area contributed by atoms with Crippen molar-refractivity contribution in [3.8, 4) is 0 Å². The smallest absolute Gasteiger partial charge is 0.475 e. The first kappa shape index (κ1) is 29.6. The lowest BCUT2D eigenvalue weighted by Gasteiger charge is -2.39. The number of imidazole rings is 1. The number of aliphatic carboxylic acids is 2. The average molecular weight is 542 g/mol. The first-order chi connectivity index (χ1) is 17.0. The van der Waals surface area contributed by atoms with E-state index in [9.17, 15) is 31.1 Å². The third-order valence-electron chi connectivity index (χ3n) is 5.60. The molecule has 0 aromatic carbocycles. The van der Waals surface area contributed by atoms with Crippen LogP contribution in [0.15, 0.2) is 24.8 Å². The number of alkyl halides is 6. The summed E-state index contributed by atoms with van der Waals surface area (Å²) in [5, 5.41) is 18.5. The summed E-state index contributed by atoms with van der Waals surface area (Å²) in [7, 11) is 3.92. The van der Waals surface area contributed by atoms with Crippen molar-refractivity contribution in [1.29, 1.82) is 0 Å². The minimum atomic E-state index is -5.08. The zero-order valence-corrected chi connectivity index (χ0v) is 19.6. The van der Waals surface area contributed by atoms with E-state index in [1.54, 1.807) is 10.9 Å². The Morgan fingerprint density at radius 1 is 1.03 bits per heavy atom. The van der Waals surface area contributed by atoms with E-state index in [1.807, 2.05) is 37.6 Å². The molecule has 4 heterocycles. The summed E-state index contributed by atoms with van der Waals surface area (Å²) < 4.78 is 67.3. The van der Waals surface area contributed by atoms with Gasteiger partial charge in [-0.2, -0.15) is 31.4 Å². The SMILES string of the molecule is Cn1cc(N2C(=O)CC[C@@H]3[C@H]2CCN3Cc2nccn2C)cn1.O=C(O)C(F)(F)F.O=C(O)C(F)(F)F. The minimum absolute atomic E-state index is 0.220. The van der Waals surface area contributed by atoms with Crippen molar-refractivity contribution >= 4 is 23.5 Å². The molecule has 37 heavy (non-hydrogen) atoms. The van der Waals surface area contributed by atoms with Crippen molar-refractivity contribution in [2.45, 2.75) is 50.2 Å². The summed E-state index contributed by atoms with van der Waals surface area (Å²) in [5.41, 5.74) is 0.922. The first-order valence-electron chi connectivity index (χ1n) is 10.6. The topological polar surface area (TPSA) is 134 Å². The molecule has 2 aromatic rings. The molecule has 11 nitrogen and oxygen atoms in total. The Morgan fingerprint density at radius 2 is 1.59 bits per heavy atom. The van der Waals surface area contributed by atoms with E-state index in [0.29, 0.717) is 12.5 Å². The number of rotatable bonds is 3. The van der Waals surface area contributed by atoms with Gasteiger partial charge in [0.2, 0.25) is 5.91 Å². The number of amides is 1. The predicted molar refractivity (Wildman–Crippen MR) is 113 cm³/mol. The maximum absolute atomic E-state index is 12.5. The molecule has 206 valence electrons. The van der Waals surface area contributed by atoms with Crippen molar-refractivity contribution in [2.24, 2.45) is 14.1 Å². The van der Waals surface area contributed by atoms with Crippen LogP contribution in [0.1, 0.15) is 25.1 Å². The number of piperidine rings is 1. The van der Waals surface area contributed by atoms with Crippen LogP contribution in [0.3, 0.4) is 0 Å². The highest BCUT2D eigenvalue weighted by molar-refractivity contribution is 5.94. The van der Waals surface area contributed by atoms with Crippen molar-refractivity contribution in [3.63, 3.8) is 0 Å². The van der Waals surface area contributed by atoms with Gasteiger partial charge in [-0.05, 0) is 12.8 Å². The van der Waals surface area contributed by atoms with E-state index in [2.05, 4.69) is 19.5 Å². The first-order valence-corrected chi connectivity index (χ1v) is 10.6. The summed E-state index contributed by atoms with van der Waals surface area (Å²) in [6.07, 6.45) is -0.0681. The lowest BCUT2D eigenvalue weighted by molar-refractivity contribution is -0.193. The highest BCUT2D eigenvalue weighted by Crippen LogP contribution is 2.35. The van der Waals surface area contributed by atoms with Gasteiger partial charge in [-0.3, -0.25) is 14.4 Å². The van der Waals surface area contributed by atoms with Gasteiger partial charge in [0.1, 0.15) is 5.82 Å². The summed E-state index contributed by atoms with van der Waals surface area (Å²) >= 11 is 0. The molecule has 2 aliphatic heterocycles. The number of carboxylic acid groups (broad SMARTS) is 2. The fourth-order valence-corrected chi connectivity index (χ4v) is 3.95. The normalized spacial score (nSPS) is 19.9. The number of aromatic nitrogens is 4. The van der Waals surface area contributed by atoms with Crippen LogP contribution >= 0.6 is 0 Å². The molecule has 2 saturated heterocycles. The van der Waals surface area contributed by atoms with Crippen LogP contribution in [0.2, 0.25) is 0 Å². The van der Waals surface area contributed by atoms with Gasteiger partial charge in [0, 0.05) is 51.7 Å². The molecule has 0 spiro atoms. The second kappa shape index (κ2) is 11.6. The van der Waals surface area contributed by atoms with E-state index in [0.717, 1.165) is 37.4 Å². The molecule has 17 heteroatoms. The third-order valence-corrected chi connectivity index (χ3v) is 5.60. The van der Waals surface area contributed by atoms with E-state index in [1.165, 1.54) is 0 Å². The predicted octanol–water partition coefficient (Wildman–Crippen LogP) is 2.19. The number of anilines is 1. The summed E-state index contributed by atoms with van der Waals surface area (Å²) in [5.74, 6) is -4.21. The quantitative estimate of drug-likeness (QED) is 0.564. The van der Waals surface area contributed by atoms with E-state index in [4.69, 9.17) is 19.8 Å². The number of carboxylic acids is 2. The van der Waals surface area contributed by atoms with Gasteiger partial charge in [-0.15, -0.1) is 0 Å². The molecule has 0 saturated carbocycles. The lowest BCUT2D eigenvalue weighted by Crippen LogP contribution is -2.52. The fourth-order valence-electron chi connectivity index (χ4n) is 3.95. The number of carbonyl (C=O) groups is 3. The molecule has 0 aliphatic carbocycles. The second-order valence-electron chi connectivity index (χ2n) is 8.13. The van der Waals surface area contributed by atoms with Gasteiger partial charge in [-0.25, -0.2) is 14.6 Å². The Kier molecular flexibility index (Phi) is 9.29. The average Bonchev–Trinajstić information content (AvgIpc) is 3.49. The molecule has 2 fully saturated rings. The van der Waals surface area contributed by atoms with Crippen LogP contribution < -0.4 is 4.90 Å².